The third-order valence-electron chi connectivity index (χ3n) is 3.80. The van der Waals surface area contributed by atoms with Gasteiger partial charge in [-0.1, -0.05) is 33.6 Å². The first-order valence-electron chi connectivity index (χ1n) is 7.02. The van der Waals surface area contributed by atoms with Crippen molar-refractivity contribution >= 4 is 39.9 Å². The summed E-state index contributed by atoms with van der Waals surface area (Å²) in [6.45, 7) is 3.79. The van der Waals surface area contributed by atoms with E-state index in [4.69, 9.17) is 11.6 Å². The van der Waals surface area contributed by atoms with Crippen molar-refractivity contribution < 1.29 is 0 Å². The van der Waals surface area contributed by atoms with E-state index in [9.17, 15) is 0 Å². The summed E-state index contributed by atoms with van der Waals surface area (Å²) in [5, 5.41) is 4.28. The Morgan fingerprint density at radius 3 is 3.00 bits per heavy atom. The van der Waals surface area contributed by atoms with E-state index in [0.29, 0.717) is 6.04 Å². The van der Waals surface area contributed by atoms with E-state index >= 15 is 0 Å². The summed E-state index contributed by atoms with van der Waals surface area (Å²) in [5.41, 5.74) is 2.40. The van der Waals surface area contributed by atoms with Crippen molar-refractivity contribution in [2.45, 2.75) is 12.6 Å². The molecule has 118 valence electrons. The predicted molar refractivity (Wildman–Crippen MR) is 96.7 cm³/mol. The van der Waals surface area contributed by atoms with Gasteiger partial charge >= 0.3 is 0 Å². The second kappa shape index (κ2) is 8.27. The Balaban J connectivity index is 0.00000176. The van der Waals surface area contributed by atoms with Gasteiger partial charge in [0.05, 0.1) is 0 Å². The Labute approximate surface area is 150 Å². The average Bonchev–Trinajstić information content (AvgIpc) is 2.52. The molecule has 1 fully saturated rings. The lowest BCUT2D eigenvalue weighted by molar-refractivity contribution is 0.153. The van der Waals surface area contributed by atoms with Crippen molar-refractivity contribution in [3.63, 3.8) is 0 Å². The van der Waals surface area contributed by atoms with Crippen molar-refractivity contribution in [2.24, 2.45) is 0 Å². The minimum atomic E-state index is 0. The number of hydrogen-bond acceptors (Lipinski definition) is 3. The van der Waals surface area contributed by atoms with Gasteiger partial charge in [0.25, 0.3) is 0 Å². The molecule has 1 unspecified atom stereocenters. The zero-order valence-electron chi connectivity index (χ0n) is 12.0. The van der Waals surface area contributed by atoms with Crippen LogP contribution in [0.15, 0.2) is 47.2 Å². The Hall–Kier alpha value is -0.650. The number of hydrogen-bond donors (Lipinski definition) is 1. The zero-order valence-corrected chi connectivity index (χ0v) is 15.2. The van der Waals surface area contributed by atoms with Crippen LogP contribution >= 0.6 is 39.9 Å². The summed E-state index contributed by atoms with van der Waals surface area (Å²) in [4.78, 5) is 6.70. The van der Waals surface area contributed by atoms with Gasteiger partial charge in [0.2, 0.25) is 0 Å². The molecule has 6 heteroatoms. The second-order valence-electron chi connectivity index (χ2n) is 5.21. The molecule has 0 aliphatic carbocycles. The van der Waals surface area contributed by atoms with Gasteiger partial charge in [-0.15, -0.1) is 12.4 Å². The van der Waals surface area contributed by atoms with Crippen LogP contribution in [0.4, 0.5) is 0 Å². The Morgan fingerprint density at radius 2 is 2.23 bits per heavy atom. The Morgan fingerprint density at radius 1 is 1.36 bits per heavy atom. The summed E-state index contributed by atoms with van der Waals surface area (Å²) < 4.78 is 1.06. The van der Waals surface area contributed by atoms with Crippen LogP contribution in [0.1, 0.15) is 17.2 Å². The van der Waals surface area contributed by atoms with Crippen molar-refractivity contribution in [1.29, 1.82) is 0 Å². The average molecular weight is 403 g/mol. The smallest absolute Gasteiger partial charge is 0.0492 e. The van der Waals surface area contributed by atoms with Crippen LogP contribution < -0.4 is 5.32 Å². The molecule has 3 nitrogen and oxygen atoms in total. The molecule has 1 aromatic heterocycles. The standard InChI is InChI=1S/C16H17BrClN3.ClH/c17-14-3-4-15(18)13(8-14)11-21-7-6-20-10-16(21)12-2-1-5-19-9-12;/h1-5,8-9,16,20H,6-7,10-11H2;1H. The summed E-state index contributed by atoms with van der Waals surface area (Å²) in [6, 6.07) is 10.5. The lowest BCUT2D eigenvalue weighted by Gasteiger charge is -2.36. The molecule has 2 aromatic rings. The first-order chi connectivity index (χ1) is 10.2. The summed E-state index contributed by atoms with van der Waals surface area (Å²) >= 11 is 9.86. The number of nitrogens with one attached hydrogen (secondary N) is 1. The number of piperazine rings is 1. The second-order valence-corrected chi connectivity index (χ2v) is 6.54. The number of pyridine rings is 1. The van der Waals surface area contributed by atoms with Gasteiger partial charge in [-0.3, -0.25) is 9.88 Å². The fourth-order valence-corrected chi connectivity index (χ4v) is 3.31. The summed E-state index contributed by atoms with van der Waals surface area (Å²) in [6.07, 6.45) is 3.77. The van der Waals surface area contributed by atoms with Crippen LogP contribution in [0.5, 0.6) is 0 Å². The fraction of sp³-hybridized carbons (Fsp3) is 0.312. The molecule has 0 spiro atoms. The van der Waals surface area contributed by atoms with E-state index in [1.165, 1.54) is 5.56 Å². The van der Waals surface area contributed by atoms with E-state index in [1.54, 1.807) is 0 Å². The minimum absolute atomic E-state index is 0. The van der Waals surface area contributed by atoms with E-state index in [1.807, 2.05) is 30.6 Å². The molecule has 0 amide bonds. The number of benzene rings is 1. The first-order valence-corrected chi connectivity index (χ1v) is 8.20. The normalized spacial score (nSPS) is 18.7. The molecular formula is C16H18BrCl2N3. The number of nitrogens with zero attached hydrogens (tertiary/aromatic N) is 2. The molecule has 2 heterocycles. The third kappa shape index (κ3) is 4.21. The lowest BCUT2D eigenvalue weighted by atomic mass is 10.0. The van der Waals surface area contributed by atoms with Crippen LogP contribution in [-0.2, 0) is 6.54 Å². The molecule has 1 N–H and O–H groups in total. The molecule has 0 radical (unpaired) electrons. The molecule has 1 aliphatic heterocycles. The quantitative estimate of drug-likeness (QED) is 0.838. The molecule has 1 saturated heterocycles. The molecule has 1 aromatic carbocycles. The topological polar surface area (TPSA) is 28.2 Å². The van der Waals surface area contributed by atoms with Gasteiger partial charge in [0.1, 0.15) is 0 Å². The Bertz CT molecular complexity index is 610. The predicted octanol–water partition coefficient (Wildman–Crippen LogP) is 4.07. The van der Waals surface area contributed by atoms with E-state index in [-0.39, 0.29) is 12.4 Å². The molecule has 22 heavy (non-hydrogen) atoms. The SMILES string of the molecule is Cl.Clc1ccc(Br)cc1CN1CCNCC1c1cccnc1. The van der Waals surface area contributed by atoms with Crippen LogP contribution in [0.2, 0.25) is 5.02 Å². The maximum absolute atomic E-state index is 6.33. The van der Waals surface area contributed by atoms with Crippen molar-refractivity contribution in [1.82, 2.24) is 15.2 Å². The number of aromatic nitrogens is 1. The first kappa shape index (κ1) is 17.7. The third-order valence-corrected chi connectivity index (χ3v) is 4.67. The van der Waals surface area contributed by atoms with Gasteiger partial charge in [0.15, 0.2) is 0 Å². The van der Waals surface area contributed by atoms with Crippen LogP contribution in [0.25, 0.3) is 0 Å². The highest BCUT2D eigenvalue weighted by atomic mass is 79.9. The molecule has 3 rings (SSSR count). The molecule has 1 atom stereocenters. The highest BCUT2D eigenvalue weighted by Gasteiger charge is 2.24. The number of halogens is 3. The minimum Gasteiger partial charge on any atom is -0.314 e. The highest BCUT2D eigenvalue weighted by molar-refractivity contribution is 9.10. The maximum Gasteiger partial charge on any atom is 0.0492 e. The molecule has 0 saturated carbocycles. The molecular weight excluding hydrogens is 385 g/mol. The molecule has 1 aliphatic rings. The maximum atomic E-state index is 6.33. The largest absolute Gasteiger partial charge is 0.314 e. The van der Waals surface area contributed by atoms with Gasteiger partial charge in [0, 0.05) is 54.1 Å². The van der Waals surface area contributed by atoms with E-state index < -0.39 is 0 Å². The lowest BCUT2D eigenvalue weighted by Crippen LogP contribution is -2.45. The monoisotopic (exact) mass is 401 g/mol. The molecule has 0 bridgehead atoms. The number of rotatable bonds is 3. The Kier molecular flexibility index (Phi) is 6.66. The van der Waals surface area contributed by atoms with Crippen molar-refractivity contribution in [3.05, 3.63) is 63.3 Å². The fourth-order valence-electron chi connectivity index (χ4n) is 2.72. The van der Waals surface area contributed by atoms with Gasteiger partial charge in [-0.25, -0.2) is 0 Å². The highest BCUT2D eigenvalue weighted by Crippen LogP contribution is 2.27. The van der Waals surface area contributed by atoms with Crippen LogP contribution in [0, 0.1) is 0 Å². The summed E-state index contributed by atoms with van der Waals surface area (Å²) in [7, 11) is 0. The van der Waals surface area contributed by atoms with Gasteiger partial charge in [-0.05, 0) is 35.4 Å². The van der Waals surface area contributed by atoms with Crippen LogP contribution in [0.3, 0.4) is 0 Å². The van der Waals surface area contributed by atoms with Gasteiger partial charge < -0.3 is 5.32 Å². The van der Waals surface area contributed by atoms with Gasteiger partial charge in [-0.2, -0.15) is 0 Å². The summed E-state index contributed by atoms with van der Waals surface area (Å²) in [5.74, 6) is 0. The van der Waals surface area contributed by atoms with Crippen molar-refractivity contribution in [3.8, 4) is 0 Å². The zero-order chi connectivity index (χ0) is 14.7. The van der Waals surface area contributed by atoms with Crippen LogP contribution in [-0.4, -0.2) is 29.5 Å². The van der Waals surface area contributed by atoms with E-state index in [0.717, 1.165) is 41.2 Å². The van der Waals surface area contributed by atoms with E-state index in [2.05, 4.69) is 43.3 Å². The van der Waals surface area contributed by atoms with Crippen molar-refractivity contribution in [2.75, 3.05) is 19.6 Å².